The molecule has 1 unspecified atom stereocenters. The van der Waals surface area contributed by atoms with Gasteiger partial charge in [0.1, 0.15) is 0 Å². The van der Waals surface area contributed by atoms with Crippen molar-refractivity contribution in [3.63, 3.8) is 0 Å². The number of aliphatic carboxylic acids is 1. The molecular weight excluding hydrogens is 489 g/mol. The van der Waals surface area contributed by atoms with Crippen molar-refractivity contribution >= 4 is 16.0 Å². The largest absolute Gasteiger partial charge is 0.490 e. The van der Waals surface area contributed by atoms with E-state index in [2.05, 4.69) is 4.98 Å². The Morgan fingerprint density at radius 1 is 1.23 bits per heavy atom. The van der Waals surface area contributed by atoms with E-state index in [9.17, 15) is 21.6 Å². The summed E-state index contributed by atoms with van der Waals surface area (Å²) in [6.45, 7) is 5.64. The van der Waals surface area contributed by atoms with E-state index in [0.717, 1.165) is 23.2 Å². The van der Waals surface area contributed by atoms with Gasteiger partial charge in [-0.05, 0) is 55.7 Å². The summed E-state index contributed by atoms with van der Waals surface area (Å²) >= 11 is 0. The Hall–Kier alpha value is -2.54. The zero-order valence-corrected chi connectivity index (χ0v) is 20.1. The highest BCUT2D eigenvalue weighted by Gasteiger charge is 2.52. The number of ether oxygens (including phenoxy) is 2. The first-order valence-corrected chi connectivity index (χ1v) is 12.3. The molecule has 0 saturated carbocycles. The highest BCUT2D eigenvalue weighted by atomic mass is 32.2. The molecule has 2 saturated heterocycles. The molecule has 0 bridgehead atoms. The number of carboxylic acids is 1. The van der Waals surface area contributed by atoms with Gasteiger partial charge in [-0.15, -0.1) is 0 Å². The molecule has 0 aliphatic carbocycles. The standard InChI is InChI=1S/C21H26N2O4S.C2HF3O2/c1-16-9-17(2)11-20(10-16)28(24,25)23-14-21(15-23)12-19(6-8-27-21)26-13-18-5-3-4-7-22-18;3-2(4,5)1(6)7/h3-5,7,9-11,19H,6,8,12-15H2,1-2H3;(H,6,7). The number of rotatable bonds is 5. The van der Waals surface area contributed by atoms with Gasteiger partial charge in [0.2, 0.25) is 10.0 Å². The first kappa shape index (κ1) is 27.1. The minimum absolute atomic E-state index is 0.0572. The van der Waals surface area contributed by atoms with E-state index in [-0.39, 0.29) is 6.10 Å². The van der Waals surface area contributed by atoms with Gasteiger partial charge in [-0.1, -0.05) is 12.1 Å². The van der Waals surface area contributed by atoms with Gasteiger partial charge in [0.15, 0.2) is 0 Å². The van der Waals surface area contributed by atoms with Gasteiger partial charge in [-0.3, -0.25) is 4.98 Å². The van der Waals surface area contributed by atoms with Crippen molar-refractivity contribution < 1.29 is 41.0 Å². The number of aromatic nitrogens is 1. The normalized spacial score (nSPS) is 20.0. The molecule has 3 heterocycles. The van der Waals surface area contributed by atoms with Crippen LogP contribution < -0.4 is 0 Å². The third kappa shape index (κ3) is 7.00. The molecule has 1 N–H and O–H groups in total. The monoisotopic (exact) mass is 516 g/mol. The minimum Gasteiger partial charge on any atom is -0.475 e. The number of benzene rings is 1. The number of halogens is 3. The summed E-state index contributed by atoms with van der Waals surface area (Å²) < 4.78 is 71.2. The summed E-state index contributed by atoms with van der Waals surface area (Å²) in [4.78, 5) is 13.5. The molecule has 12 heteroatoms. The second-order valence-electron chi connectivity index (χ2n) is 8.68. The lowest BCUT2D eigenvalue weighted by molar-refractivity contribution is -0.192. The van der Waals surface area contributed by atoms with Gasteiger partial charge in [0.25, 0.3) is 0 Å². The minimum atomic E-state index is -5.08. The molecule has 35 heavy (non-hydrogen) atoms. The molecule has 1 atom stereocenters. The predicted molar refractivity (Wildman–Crippen MR) is 119 cm³/mol. The van der Waals surface area contributed by atoms with Crippen LogP contribution >= 0.6 is 0 Å². The van der Waals surface area contributed by atoms with Gasteiger partial charge in [0.05, 0.1) is 28.9 Å². The van der Waals surface area contributed by atoms with Gasteiger partial charge in [0, 0.05) is 32.3 Å². The van der Waals surface area contributed by atoms with Gasteiger partial charge < -0.3 is 14.6 Å². The van der Waals surface area contributed by atoms with Crippen molar-refractivity contribution in [1.29, 1.82) is 0 Å². The predicted octanol–water partition coefficient (Wildman–Crippen LogP) is 3.47. The quantitative estimate of drug-likeness (QED) is 0.649. The SMILES string of the molecule is Cc1cc(C)cc(S(=O)(=O)N2CC3(CC(OCc4ccccn4)CCO3)C2)c1.O=C(O)C(F)(F)F. The van der Waals surface area contributed by atoms with Crippen molar-refractivity contribution in [2.24, 2.45) is 0 Å². The average Bonchev–Trinajstić information content (AvgIpc) is 2.76. The van der Waals surface area contributed by atoms with E-state index in [0.29, 0.717) is 37.6 Å². The summed E-state index contributed by atoms with van der Waals surface area (Å²) in [6.07, 6.45) is -1.75. The first-order chi connectivity index (χ1) is 16.3. The third-order valence-corrected chi connectivity index (χ3v) is 7.41. The van der Waals surface area contributed by atoms with Gasteiger partial charge >= 0.3 is 12.1 Å². The number of carboxylic acid groups (broad SMARTS) is 1. The number of carbonyl (C=O) groups is 1. The first-order valence-electron chi connectivity index (χ1n) is 10.8. The summed E-state index contributed by atoms with van der Waals surface area (Å²) in [5.74, 6) is -2.76. The Balaban J connectivity index is 0.000000429. The van der Waals surface area contributed by atoms with Crippen molar-refractivity contribution in [2.45, 2.75) is 56.1 Å². The van der Waals surface area contributed by atoms with Crippen LogP contribution in [-0.4, -0.2) is 66.4 Å². The molecule has 8 nitrogen and oxygen atoms in total. The van der Waals surface area contributed by atoms with E-state index >= 15 is 0 Å². The number of alkyl halides is 3. The molecular formula is C23H27F3N2O6S. The van der Waals surface area contributed by atoms with Crippen molar-refractivity contribution in [3.05, 3.63) is 59.4 Å². The highest BCUT2D eigenvalue weighted by Crippen LogP contribution is 2.38. The summed E-state index contributed by atoms with van der Waals surface area (Å²) in [6, 6.07) is 11.2. The zero-order chi connectivity index (χ0) is 25.9. The molecule has 1 spiro atoms. The average molecular weight is 517 g/mol. The van der Waals surface area contributed by atoms with Crippen molar-refractivity contribution in [1.82, 2.24) is 9.29 Å². The van der Waals surface area contributed by atoms with Crippen LogP contribution in [0, 0.1) is 13.8 Å². The smallest absolute Gasteiger partial charge is 0.475 e. The molecule has 2 aliphatic rings. The topological polar surface area (TPSA) is 106 Å². The van der Waals surface area contributed by atoms with Crippen LogP contribution in [0.3, 0.4) is 0 Å². The van der Waals surface area contributed by atoms with Crippen LogP contribution in [0.1, 0.15) is 29.7 Å². The van der Waals surface area contributed by atoms with Crippen LogP contribution in [0.5, 0.6) is 0 Å². The van der Waals surface area contributed by atoms with E-state index < -0.39 is 27.8 Å². The fourth-order valence-corrected chi connectivity index (χ4v) is 5.81. The molecule has 192 valence electrons. The van der Waals surface area contributed by atoms with E-state index in [1.807, 2.05) is 38.1 Å². The number of aryl methyl sites for hydroxylation is 2. The molecule has 0 amide bonds. The van der Waals surface area contributed by atoms with Gasteiger partial charge in [-0.2, -0.15) is 17.5 Å². The maximum atomic E-state index is 13.0. The Morgan fingerprint density at radius 2 is 1.86 bits per heavy atom. The van der Waals surface area contributed by atoms with Crippen LogP contribution in [0.25, 0.3) is 0 Å². The summed E-state index contributed by atoms with van der Waals surface area (Å²) in [5.41, 5.74) is 2.37. The van der Waals surface area contributed by atoms with Crippen LogP contribution in [0.2, 0.25) is 0 Å². The van der Waals surface area contributed by atoms with E-state index in [1.54, 1.807) is 18.3 Å². The fourth-order valence-electron chi connectivity index (χ4n) is 4.03. The molecule has 4 rings (SSSR count). The lowest BCUT2D eigenvalue weighted by atomic mass is 9.86. The number of hydrogen-bond donors (Lipinski definition) is 1. The Bertz CT molecular complexity index is 1120. The van der Waals surface area contributed by atoms with Crippen molar-refractivity contribution in [2.75, 3.05) is 19.7 Å². The second kappa shape index (κ2) is 10.6. The fraction of sp³-hybridized carbons (Fsp3) is 0.478. The highest BCUT2D eigenvalue weighted by molar-refractivity contribution is 7.89. The molecule has 1 aromatic carbocycles. The number of pyridine rings is 1. The summed E-state index contributed by atoms with van der Waals surface area (Å²) in [5, 5.41) is 7.12. The lowest BCUT2D eigenvalue weighted by Gasteiger charge is -2.52. The molecule has 2 aliphatic heterocycles. The van der Waals surface area contributed by atoms with E-state index in [4.69, 9.17) is 19.4 Å². The Morgan fingerprint density at radius 3 is 2.40 bits per heavy atom. The molecule has 0 radical (unpaired) electrons. The maximum absolute atomic E-state index is 13.0. The molecule has 1 aromatic heterocycles. The van der Waals surface area contributed by atoms with Crippen LogP contribution in [0.4, 0.5) is 13.2 Å². The van der Waals surface area contributed by atoms with E-state index in [1.165, 1.54) is 4.31 Å². The number of sulfonamides is 1. The van der Waals surface area contributed by atoms with Crippen LogP contribution in [0.15, 0.2) is 47.5 Å². The number of hydrogen-bond acceptors (Lipinski definition) is 6. The zero-order valence-electron chi connectivity index (χ0n) is 19.3. The number of nitrogens with zero attached hydrogens (tertiary/aromatic N) is 2. The summed E-state index contributed by atoms with van der Waals surface area (Å²) in [7, 11) is -3.49. The molecule has 2 fully saturated rings. The lowest BCUT2D eigenvalue weighted by Crippen LogP contribution is -2.67. The van der Waals surface area contributed by atoms with Gasteiger partial charge in [-0.25, -0.2) is 13.2 Å². The molecule has 2 aromatic rings. The van der Waals surface area contributed by atoms with Crippen LogP contribution in [-0.2, 0) is 30.9 Å². The Kier molecular flexibility index (Phi) is 8.20. The third-order valence-electron chi connectivity index (χ3n) is 5.65. The Labute approximate surface area is 201 Å². The van der Waals surface area contributed by atoms with Crippen molar-refractivity contribution in [3.8, 4) is 0 Å². The maximum Gasteiger partial charge on any atom is 0.490 e. The second-order valence-corrected chi connectivity index (χ2v) is 10.6.